The van der Waals surface area contributed by atoms with Crippen molar-refractivity contribution in [3.63, 3.8) is 0 Å². The number of aryl methyl sites for hydroxylation is 4. The largest absolute Gasteiger partial charge is 0.397 e. The third-order valence-electron chi connectivity index (χ3n) is 10.5. The lowest BCUT2D eigenvalue weighted by atomic mass is 10.0. The topological polar surface area (TPSA) is 235 Å². The number of rotatable bonds is 10. The van der Waals surface area contributed by atoms with Crippen molar-refractivity contribution in [1.82, 2.24) is 24.2 Å². The maximum absolute atomic E-state index is 12.9. The van der Waals surface area contributed by atoms with Gasteiger partial charge in [0.25, 0.3) is 0 Å². The second kappa shape index (κ2) is 16.9. The minimum atomic E-state index is -3.26. The molecule has 19 heteroatoms. The molecule has 2 unspecified atom stereocenters. The summed E-state index contributed by atoms with van der Waals surface area (Å²) < 4.78 is 60.4. The van der Waals surface area contributed by atoms with Crippen molar-refractivity contribution < 1.29 is 35.5 Å². The predicted molar refractivity (Wildman–Crippen MR) is 219 cm³/mol. The first-order chi connectivity index (χ1) is 26.9. The van der Waals surface area contributed by atoms with Crippen LogP contribution in [0.5, 0.6) is 0 Å². The molecule has 3 aliphatic heterocycles. The molecule has 3 atom stereocenters. The van der Waals surface area contributed by atoms with Crippen LogP contribution in [-0.4, -0.2) is 104 Å². The van der Waals surface area contributed by atoms with Gasteiger partial charge in [-0.05, 0) is 88.8 Å². The number of nitrogen functional groups attached to an aromatic ring is 1. The Morgan fingerprint density at radius 3 is 1.74 bits per heavy atom. The van der Waals surface area contributed by atoms with E-state index in [-0.39, 0.29) is 23.9 Å². The van der Waals surface area contributed by atoms with Gasteiger partial charge in [-0.15, -0.1) is 0 Å². The van der Waals surface area contributed by atoms with Crippen molar-refractivity contribution in [2.45, 2.75) is 77.9 Å². The van der Waals surface area contributed by atoms with E-state index in [1.165, 1.54) is 21.1 Å². The van der Waals surface area contributed by atoms with E-state index in [1.807, 2.05) is 64.1 Å². The number of anilines is 4. The van der Waals surface area contributed by atoms with Gasteiger partial charge in [-0.3, -0.25) is 9.59 Å². The normalized spacial score (nSPS) is 20.5. The molecule has 0 aliphatic carbocycles. The summed E-state index contributed by atoms with van der Waals surface area (Å²) in [6.07, 6.45) is 5.53. The van der Waals surface area contributed by atoms with E-state index in [1.54, 1.807) is 0 Å². The quantitative estimate of drug-likeness (QED) is 0.143. The van der Waals surface area contributed by atoms with Gasteiger partial charge >= 0.3 is 0 Å². The summed E-state index contributed by atoms with van der Waals surface area (Å²) in [6, 6.07) is 10.8. The van der Waals surface area contributed by atoms with Crippen LogP contribution in [-0.2, 0) is 29.6 Å². The van der Waals surface area contributed by atoms with Crippen LogP contribution in [0.2, 0.25) is 0 Å². The zero-order chi connectivity index (χ0) is 41.2. The Bertz CT molecular complexity index is 2320. The summed E-state index contributed by atoms with van der Waals surface area (Å²) in [5.74, 6) is 1.01. The Kier molecular flexibility index (Phi) is 12.3. The molecule has 0 spiro atoms. The maximum Gasteiger partial charge on any atom is 0.247 e. The minimum Gasteiger partial charge on any atom is -0.397 e. The number of nitrogens with one attached hydrogen (secondary N) is 4. The zero-order valence-electron chi connectivity index (χ0n) is 33.0. The van der Waals surface area contributed by atoms with Crippen LogP contribution < -0.4 is 27.0 Å². The minimum absolute atomic E-state index is 0.0620. The van der Waals surface area contributed by atoms with E-state index in [9.17, 15) is 26.4 Å². The van der Waals surface area contributed by atoms with Crippen LogP contribution in [0.3, 0.4) is 0 Å². The number of amides is 2. The highest BCUT2D eigenvalue weighted by molar-refractivity contribution is 7.88. The molecule has 0 saturated carbocycles. The second-order valence-corrected chi connectivity index (χ2v) is 18.9. The molecule has 3 fully saturated rings. The van der Waals surface area contributed by atoms with Gasteiger partial charge in [0, 0.05) is 55.8 Å². The number of carbonyl (C=O) groups is 2. The van der Waals surface area contributed by atoms with Crippen LogP contribution in [0.1, 0.15) is 55.0 Å². The van der Waals surface area contributed by atoms with Crippen molar-refractivity contribution in [2.24, 2.45) is 0 Å². The monoisotopic (exact) mass is 825 g/mol. The number of nitrogens with two attached hydrogens (primary N) is 1. The molecule has 2 amide bonds. The molecule has 0 radical (unpaired) electrons. The fourth-order valence-corrected chi connectivity index (χ4v) is 9.30. The van der Waals surface area contributed by atoms with Crippen LogP contribution in [0, 0.1) is 27.7 Å². The van der Waals surface area contributed by atoms with Crippen LogP contribution >= 0.6 is 0 Å². The average Bonchev–Trinajstić information content (AvgIpc) is 3.95. The highest BCUT2D eigenvalue weighted by atomic mass is 32.2. The first kappa shape index (κ1) is 41.6. The molecule has 5 heterocycles. The second-order valence-electron chi connectivity index (χ2n) is 15.0. The first-order valence-corrected chi connectivity index (χ1v) is 22.5. The predicted octanol–water partition coefficient (Wildman–Crippen LogP) is 4.00. The van der Waals surface area contributed by atoms with E-state index < -0.39 is 26.1 Å². The third kappa shape index (κ3) is 9.95. The number of hydrogen-bond donors (Lipinski definition) is 5. The summed E-state index contributed by atoms with van der Waals surface area (Å²) in [6.45, 7) is 9.25. The molecular formula is C38H51N9O8S2. The number of sulfonamides is 2. The number of aromatic nitrogens is 2. The number of carbonyl (C=O) groups excluding carboxylic acids is 2. The fourth-order valence-electron chi connectivity index (χ4n) is 7.53. The van der Waals surface area contributed by atoms with E-state index in [4.69, 9.17) is 14.8 Å². The molecule has 0 bridgehead atoms. The Labute approximate surface area is 333 Å². The van der Waals surface area contributed by atoms with Gasteiger partial charge in [-0.1, -0.05) is 22.4 Å². The lowest BCUT2D eigenvalue weighted by molar-refractivity contribution is -0.128. The van der Waals surface area contributed by atoms with Crippen LogP contribution in [0.4, 0.5) is 22.7 Å². The molecule has 57 heavy (non-hydrogen) atoms. The van der Waals surface area contributed by atoms with Gasteiger partial charge in [0.1, 0.15) is 17.6 Å². The lowest BCUT2D eigenvalue weighted by Gasteiger charge is -2.24. The zero-order valence-corrected chi connectivity index (χ0v) is 34.6. The molecule has 2 aromatic heterocycles. The SMILES string of the molecule is Cc1noc(C)c1-c1ccc(NC2CCN(S(C)(=O)=O)C2)c(N)c1.Cc1noc(C)c1-c1ccc(NC2CCN(S(C)(=O)=O)C2)c(NC(=O)[C@H]2CCCC(=O)N2)c1. The van der Waals surface area contributed by atoms with Gasteiger partial charge < -0.3 is 36.0 Å². The van der Waals surface area contributed by atoms with Crippen molar-refractivity contribution in [3.8, 4) is 22.3 Å². The summed E-state index contributed by atoms with van der Waals surface area (Å²) in [5.41, 5.74) is 14.0. The van der Waals surface area contributed by atoms with E-state index in [0.717, 1.165) is 51.5 Å². The molecule has 2 aromatic carbocycles. The smallest absolute Gasteiger partial charge is 0.247 e. The molecule has 17 nitrogen and oxygen atoms in total. The highest BCUT2D eigenvalue weighted by Crippen LogP contribution is 2.35. The molecular weight excluding hydrogens is 775 g/mol. The summed E-state index contributed by atoms with van der Waals surface area (Å²) in [7, 11) is -6.40. The number of piperidine rings is 1. The third-order valence-corrected chi connectivity index (χ3v) is 13.0. The highest BCUT2D eigenvalue weighted by Gasteiger charge is 2.31. The fraction of sp³-hybridized carbons (Fsp3) is 0.474. The Balaban J connectivity index is 0.000000203. The summed E-state index contributed by atoms with van der Waals surface area (Å²) in [4.78, 5) is 24.7. The molecule has 3 saturated heterocycles. The van der Waals surface area contributed by atoms with Gasteiger partial charge in [0.05, 0.1) is 46.6 Å². The van der Waals surface area contributed by atoms with Gasteiger partial charge in [0.2, 0.25) is 31.9 Å². The van der Waals surface area contributed by atoms with Crippen molar-refractivity contribution in [1.29, 1.82) is 0 Å². The molecule has 3 aliphatic rings. The van der Waals surface area contributed by atoms with E-state index >= 15 is 0 Å². The average molecular weight is 826 g/mol. The van der Waals surface area contributed by atoms with Crippen molar-refractivity contribution in [3.05, 3.63) is 59.3 Å². The maximum atomic E-state index is 12.9. The van der Waals surface area contributed by atoms with E-state index in [2.05, 4.69) is 31.6 Å². The van der Waals surface area contributed by atoms with Gasteiger partial charge in [-0.2, -0.15) is 0 Å². The van der Waals surface area contributed by atoms with Gasteiger partial charge in [-0.25, -0.2) is 25.4 Å². The number of hydrogen-bond acceptors (Lipinski definition) is 13. The summed E-state index contributed by atoms with van der Waals surface area (Å²) in [5, 5.41) is 20.4. The van der Waals surface area contributed by atoms with Gasteiger partial charge in [0.15, 0.2) is 0 Å². The molecule has 7 rings (SSSR count). The Morgan fingerprint density at radius 2 is 1.28 bits per heavy atom. The van der Waals surface area contributed by atoms with E-state index in [0.29, 0.717) is 74.7 Å². The Hall–Kier alpha value is -4.98. The standard InChI is InChI=1S/C22H29N5O5S.C16H22N4O3S/c1-13-21(14(2)32-26-13)15-7-8-17(23-16-9-10-27(12-16)33(3,30)31)19(11-15)25-22(29)18-5-4-6-20(28)24-18;1-10-16(11(2)23-19-10)12-4-5-15(14(17)8-12)18-13-6-7-20(9-13)24(3,21)22/h7-8,11,16,18,23H,4-6,9-10,12H2,1-3H3,(H,24,28)(H,25,29);4-5,8,13,18H,6-7,9,17H2,1-3H3/t16?,18-;/m1./s1. The van der Waals surface area contributed by atoms with Crippen molar-refractivity contribution >= 4 is 54.6 Å². The number of benzene rings is 2. The number of nitrogens with zero attached hydrogens (tertiary/aromatic N) is 4. The molecule has 6 N–H and O–H groups in total. The summed E-state index contributed by atoms with van der Waals surface area (Å²) >= 11 is 0. The first-order valence-electron chi connectivity index (χ1n) is 18.8. The van der Waals surface area contributed by atoms with Crippen molar-refractivity contribution in [2.75, 3.05) is 60.4 Å². The molecule has 308 valence electrons. The molecule has 4 aromatic rings. The Morgan fingerprint density at radius 1 is 0.772 bits per heavy atom. The van der Waals surface area contributed by atoms with Crippen LogP contribution in [0.25, 0.3) is 22.3 Å². The lowest BCUT2D eigenvalue weighted by Crippen LogP contribution is -2.46. The van der Waals surface area contributed by atoms with Crippen LogP contribution in [0.15, 0.2) is 45.4 Å².